The Morgan fingerprint density at radius 2 is 1.91 bits per heavy atom. The van der Waals surface area contributed by atoms with Crippen LogP contribution in [0.2, 0.25) is 0 Å². The van der Waals surface area contributed by atoms with E-state index in [-0.39, 0.29) is 35.8 Å². The Morgan fingerprint density at radius 3 is 2.61 bits per heavy atom. The Hall–Kier alpha value is -2.73. The van der Waals surface area contributed by atoms with Gasteiger partial charge in [0.15, 0.2) is 11.5 Å². The third-order valence-corrected chi connectivity index (χ3v) is 3.44. The molecular formula is C17H19NO5. The summed E-state index contributed by atoms with van der Waals surface area (Å²) in [6.07, 6.45) is -0.526. The lowest BCUT2D eigenvalue weighted by Gasteiger charge is -2.13. The van der Waals surface area contributed by atoms with Crippen molar-refractivity contribution in [1.29, 1.82) is 0 Å². The van der Waals surface area contributed by atoms with Crippen molar-refractivity contribution in [3.63, 3.8) is 0 Å². The minimum atomic E-state index is -0.811. The molecule has 1 unspecified atom stereocenters. The fraction of sp³-hybridized carbons (Fsp3) is 0.235. The smallest absolute Gasteiger partial charge is 0.255 e. The molecule has 2 aromatic carbocycles. The fourth-order valence-electron chi connectivity index (χ4n) is 2.15. The Balaban J connectivity index is 1.91. The van der Waals surface area contributed by atoms with Gasteiger partial charge in [-0.05, 0) is 36.2 Å². The first-order valence-corrected chi connectivity index (χ1v) is 7.14. The van der Waals surface area contributed by atoms with Crippen LogP contribution in [-0.2, 0) is 0 Å². The molecule has 0 fully saturated rings. The van der Waals surface area contributed by atoms with E-state index in [2.05, 4.69) is 5.32 Å². The number of hydrogen-bond donors (Lipinski definition) is 4. The predicted octanol–water partition coefficient (Wildman–Crippen LogP) is 1.96. The van der Waals surface area contributed by atoms with Crippen LogP contribution in [-0.4, -0.2) is 34.9 Å². The SMILES string of the molecule is COc1cc(C(O)CCNC(=O)c2ccccc2O)ccc1O. The molecule has 0 radical (unpaired) electrons. The Bertz CT molecular complexity index is 686. The van der Waals surface area contributed by atoms with Crippen LogP contribution in [0.15, 0.2) is 42.5 Å². The number of benzene rings is 2. The van der Waals surface area contributed by atoms with E-state index in [1.54, 1.807) is 24.3 Å². The molecule has 1 amide bonds. The van der Waals surface area contributed by atoms with Crippen LogP contribution in [0.4, 0.5) is 0 Å². The molecular weight excluding hydrogens is 298 g/mol. The summed E-state index contributed by atoms with van der Waals surface area (Å²) in [6.45, 7) is 0.234. The molecule has 0 aliphatic heterocycles. The second-order valence-corrected chi connectivity index (χ2v) is 5.01. The van der Waals surface area contributed by atoms with E-state index in [0.29, 0.717) is 5.56 Å². The van der Waals surface area contributed by atoms with E-state index in [1.807, 2.05) is 0 Å². The maximum atomic E-state index is 11.9. The lowest BCUT2D eigenvalue weighted by Crippen LogP contribution is -2.25. The van der Waals surface area contributed by atoms with E-state index in [9.17, 15) is 20.1 Å². The molecule has 0 aromatic heterocycles. The van der Waals surface area contributed by atoms with Crippen molar-refractivity contribution in [2.75, 3.05) is 13.7 Å². The maximum Gasteiger partial charge on any atom is 0.255 e. The van der Waals surface area contributed by atoms with Gasteiger partial charge in [-0.1, -0.05) is 18.2 Å². The van der Waals surface area contributed by atoms with Gasteiger partial charge in [-0.3, -0.25) is 4.79 Å². The summed E-state index contributed by atoms with van der Waals surface area (Å²) >= 11 is 0. The highest BCUT2D eigenvalue weighted by Gasteiger charge is 2.13. The van der Waals surface area contributed by atoms with Gasteiger partial charge in [0, 0.05) is 6.54 Å². The number of aliphatic hydroxyl groups excluding tert-OH is 1. The van der Waals surface area contributed by atoms with Crippen molar-refractivity contribution in [1.82, 2.24) is 5.32 Å². The molecule has 2 rings (SSSR count). The topological polar surface area (TPSA) is 99.0 Å². The second-order valence-electron chi connectivity index (χ2n) is 5.01. The van der Waals surface area contributed by atoms with Gasteiger partial charge in [-0.2, -0.15) is 0 Å². The van der Waals surface area contributed by atoms with E-state index < -0.39 is 12.0 Å². The summed E-state index contributed by atoms with van der Waals surface area (Å²) in [5.74, 6) is -0.219. The summed E-state index contributed by atoms with van der Waals surface area (Å²) in [5, 5.41) is 31.9. The van der Waals surface area contributed by atoms with Gasteiger partial charge >= 0.3 is 0 Å². The number of aliphatic hydroxyl groups is 1. The minimum Gasteiger partial charge on any atom is -0.507 e. The molecule has 0 aliphatic carbocycles. The highest BCUT2D eigenvalue weighted by atomic mass is 16.5. The summed E-state index contributed by atoms with van der Waals surface area (Å²) in [5.41, 5.74) is 0.768. The monoisotopic (exact) mass is 317 g/mol. The summed E-state index contributed by atoms with van der Waals surface area (Å²) < 4.78 is 4.99. The Labute approximate surface area is 134 Å². The molecule has 2 aromatic rings. The first-order valence-electron chi connectivity index (χ1n) is 7.14. The van der Waals surface area contributed by atoms with Crippen molar-refractivity contribution >= 4 is 5.91 Å². The molecule has 0 heterocycles. The van der Waals surface area contributed by atoms with Gasteiger partial charge < -0.3 is 25.4 Å². The zero-order valence-corrected chi connectivity index (χ0v) is 12.7. The number of para-hydroxylation sites is 1. The standard InChI is InChI=1S/C17H19NO5/c1-23-16-10-11(6-7-15(16)21)13(19)8-9-18-17(22)12-4-2-3-5-14(12)20/h2-7,10,13,19-21H,8-9H2,1H3,(H,18,22). The van der Waals surface area contributed by atoms with Crippen molar-refractivity contribution < 1.29 is 24.9 Å². The molecule has 122 valence electrons. The summed E-state index contributed by atoms with van der Waals surface area (Å²) in [7, 11) is 1.43. The van der Waals surface area contributed by atoms with Gasteiger partial charge in [0.25, 0.3) is 5.91 Å². The number of phenolic OH excluding ortho intramolecular Hbond substituents is 2. The van der Waals surface area contributed by atoms with Gasteiger partial charge in [-0.15, -0.1) is 0 Å². The van der Waals surface area contributed by atoms with Gasteiger partial charge in [0.2, 0.25) is 0 Å². The van der Waals surface area contributed by atoms with Crippen molar-refractivity contribution in [3.05, 3.63) is 53.6 Å². The highest BCUT2D eigenvalue weighted by molar-refractivity contribution is 5.96. The number of hydrogen-bond acceptors (Lipinski definition) is 5. The zero-order valence-electron chi connectivity index (χ0n) is 12.7. The second kappa shape index (κ2) is 7.51. The molecule has 23 heavy (non-hydrogen) atoms. The maximum absolute atomic E-state index is 11.9. The fourth-order valence-corrected chi connectivity index (χ4v) is 2.15. The van der Waals surface area contributed by atoms with Crippen LogP contribution < -0.4 is 10.1 Å². The van der Waals surface area contributed by atoms with Crippen LogP contribution in [0.25, 0.3) is 0 Å². The normalized spacial score (nSPS) is 11.7. The molecule has 0 saturated carbocycles. The van der Waals surface area contributed by atoms with E-state index >= 15 is 0 Å². The van der Waals surface area contributed by atoms with E-state index in [4.69, 9.17) is 4.74 Å². The number of aromatic hydroxyl groups is 2. The van der Waals surface area contributed by atoms with Gasteiger partial charge in [0.05, 0.1) is 18.8 Å². The third-order valence-electron chi connectivity index (χ3n) is 3.44. The summed E-state index contributed by atoms with van der Waals surface area (Å²) in [6, 6.07) is 10.8. The molecule has 0 saturated heterocycles. The molecule has 0 aliphatic rings. The van der Waals surface area contributed by atoms with E-state index in [0.717, 1.165) is 0 Å². The van der Waals surface area contributed by atoms with Crippen molar-refractivity contribution in [2.45, 2.75) is 12.5 Å². The Kier molecular flexibility index (Phi) is 5.43. The number of phenols is 2. The number of carbonyl (C=O) groups is 1. The molecule has 1 atom stereocenters. The molecule has 0 spiro atoms. The summed E-state index contributed by atoms with van der Waals surface area (Å²) in [4.78, 5) is 11.9. The number of methoxy groups -OCH3 is 1. The third kappa shape index (κ3) is 4.14. The van der Waals surface area contributed by atoms with Crippen LogP contribution in [0, 0.1) is 0 Å². The van der Waals surface area contributed by atoms with Gasteiger partial charge in [-0.25, -0.2) is 0 Å². The number of nitrogens with one attached hydrogen (secondary N) is 1. The van der Waals surface area contributed by atoms with E-state index in [1.165, 1.54) is 25.3 Å². The van der Waals surface area contributed by atoms with Crippen LogP contribution in [0.1, 0.15) is 28.4 Å². The molecule has 4 N–H and O–H groups in total. The molecule has 0 bridgehead atoms. The average molecular weight is 317 g/mol. The number of ether oxygens (including phenoxy) is 1. The predicted molar refractivity (Wildman–Crippen MR) is 84.7 cm³/mol. The zero-order chi connectivity index (χ0) is 16.8. The first kappa shape index (κ1) is 16.6. The molecule has 6 nitrogen and oxygen atoms in total. The largest absolute Gasteiger partial charge is 0.507 e. The number of rotatable bonds is 6. The average Bonchev–Trinajstić information content (AvgIpc) is 2.55. The quantitative estimate of drug-likeness (QED) is 0.653. The lowest BCUT2D eigenvalue weighted by atomic mass is 10.1. The van der Waals surface area contributed by atoms with Crippen molar-refractivity contribution in [2.24, 2.45) is 0 Å². The highest BCUT2D eigenvalue weighted by Crippen LogP contribution is 2.29. The number of amides is 1. The minimum absolute atomic E-state index is 0.00342. The van der Waals surface area contributed by atoms with Crippen molar-refractivity contribution in [3.8, 4) is 17.2 Å². The van der Waals surface area contributed by atoms with Gasteiger partial charge in [0.1, 0.15) is 5.75 Å². The first-order chi connectivity index (χ1) is 11.0. The number of carbonyl (C=O) groups excluding carboxylic acids is 1. The Morgan fingerprint density at radius 1 is 1.17 bits per heavy atom. The van der Waals surface area contributed by atoms with Crippen LogP contribution >= 0.6 is 0 Å². The lowest BCUT2D eigenvalue weighted by molar-refractivity contribution is 0.0940. The molecule has 6 heteroatoms. The van der Waals surface area contributed by atoms with Crippen LogP contribution in [0.5, 0.6) is 17.2 Å². The van der Waals surface area contributed by atoms with Crippen LogP contribution in [0.3, 0.4) is 0 Å².